The van der Waals surface area contributed by atoms with Crippen molar-refractivity contribution in [1.82, 2.24) is 4.98 Å². The van der Waals surface area contributed by atoms with E-state index in [0.29, 0.717) is 5.75 Å². The van der Waals surface area contributed by atoms with Crippen molar-refractivity contribution in [1.29, 1.82) is 0 Å². The molecule has 1 aromatic heterocycles. The molecular weight excluding hydrogens is 200 g/mol. The Balaban J connectivity index is 2.94. The van der Waals surface area contributed by atoms with Gasteiger partial charge in [-0.3, -0.25) is 4.98 Å². The quantitative estimate of drug-likeness (QED) is 0.754. The van der Waals surface area contributed by atoms with Crippen molar-refractivity contribution in [3.8, 4) is 5.75 Å². The summed E-state index contributed by atoms with van der Waals surface area (Å²) in [6.07, 6.45) is 1.33. The summed E-state index contributed by atoms with van der Waals surface area (Å²) in [4.78, 5) is 3.61. The third-order valence-electron chi connectivity index (χ3n) is 1.61. The van der Waals surface area contributed by atoms with E-state index in [2.05, 4.69) is 4.98 Å². The van der Waals surface area contributed by atoms with E-state index in [4.69, 9.17) is 4.74 Å². The smallest absolute Gasteiger partial charge is 0.287 e. The van der Waals surface area contributed by atoms with E-state index in [0.717, 1.165) is 6.92 Å². The maximum atomic E-state index is 12.9. The van der Waals surface area contributed by atoms with Crippen LogP contribution in [-0.2, 0) is 5.92 Å². The largest absolute Gasteiger partial charge is 0.488 e. The van der Waals surface area contributed by atoms with Crippen molar-refractivity contribution in [3.63, 3.8) is 0 Å². The van der Waals surface area contributed by atoms with Gasteiger partial charge in [0.05, 0.1) is 0 Å². The number of halogens is 2. The fourth-order valence-corrected chi connectivity index (χ4v) is 1.07. The average molecular weight is 215 g/mol. The van der Waals surface area contributed by atoms with Gasteiger partial charge in [0.15, 0.2) is 0 Å². The number of rotatable bonds is 2. The molecule has 0 saturated carbocycles. The van der Waals surface area contributed by atoms with Gasteiger partial charge < -0.3 is 4.74 Å². The van der Waals surface area contributed by atoms with Gasteiger partial charge in [-0.2, -0.15) is 8.78 Å². The summed E-state index contributed by atoms with van der Waals surface area (Å²) in [5.74, 6) is -2.52. The number of alkyl halides is 2. The highest BCUT2D eigenvalue weighted by atomic mass is 19.3. The molecule has 0 radical (unpaired) electrons. The summed E-state index contributed by atoms with van der Waals surface area (Å²) >= 11 is 0. The number of hydrogen-bond acceptors (Lipinski definition) is 2. The molecule has 0 bridgehead atoms. The summed E-state index contributed by atoms with van der Waals surface area (Å²) in [6.45, 7) is 6.39. The molecule has 0 saturated heterocycles. The molecule has 0 N–H and O–H groups in total. The summed E-state index contributed by atoms with van der Waals surface area (Å²) < 4.78 is 31.4. The normalized spacial score (nSPS) is 12.7. The fraction of sp³-hybridized carbons (Fsp3) is 0.545. The third-order valence-corrected chi connectivity index (χ3v) is 1.61. The zero-order valence-electron chi connectivity index (χ0n) is 9.34. The van der Waals surface area contributed by atoms with Gasteiger partial charge in [0.25, 0.3) is 5.92 Å². The first-order valence-electron chi connectivity index (χ1n) is 4.72. The second-order valence-corrected chi connectivity index (χ2v) is 4.48. The highest BCUT2D eigenvalue weighted by Crippen LogP contribution is 2.28. The van der Waals surface area contributed by atoms with E-state index in [9.17, 15) is 8.78 Å². The van der Waals surface area contributed by atoms with Gasteiger partial charge in [0.2, 0.25) is 0 Å². The van der Waals surface area contributed by atoms with Crippen LogP contribution in [0.2, 0.25) is 0 Å². The highest BCUT2D eigenvalue weighted by molar-refractivity contribution is 5.25. The summed E-state index contributed by atoms with van der Waals surface area (Å²) in [7, 11) is 0. The monoisotopic (exact) mass is 215 g/mol. The Hall–Kier alpha value is -1.19. The molecular formula is C11H15F2NO. The molecule has 84 valence electrons. The minimum Gasteiger partial charge on any atom is -0.488 e. The minimum atomic E-state index is -2.93. The predicted octanol–water partition coefficient (Wildman–Crippen LogP) is 3.37. The van der Waals surface area contributed by atoms with E-state index in [1.54, 1.807) is 6.07 Å². The van der Waals surface area contributed by atoms with Gasteiger partial charge in [-0.1, -0.05) is 0 Å². The van der Waals surface area contributed by atoms with Crippen molar-refractivity contribution in [2.75, 3.05) is 0 Å². The zero-order valence-corrected chi connectivity index (χ0v) is 9.34. The van der Waals surface area contributed by atoms with Crippen molar-refractivity contribution in [2.45, 2.75) is 39.2 Å². The minimum absolute atomic E-state index is 0.274. The summed E-state index contributed by atoms with van der Waals surface area (Å²) in [6, 6.07) is 2.84. The Morgan fingerprint density at radius 1 is 1.20 bits per heavy atom. The lowest BCUT2D eigenvalue weighted by molar-refractivity contribution is 0.0120. The number of ether oxygens (including phenoxy) is 1. The molecule has 2 nitrogen and oxygen atoms in total. The van der Waals surface area contributed by atoms with Crippen LogP contribution < -0.4 is 4.74 Å². The van der Waals surface area contributed by atoms with Crippen LogP contribution in [0.4, 0.5) is 8.78 Å². The fourth-order valence-electron chi connectivity index (χ4n) is 1.07. The zero-order chi connectivity index (χ0) is 11.7. The molecule has 0 aliphatic heterocycles. The van der Waals surface area contributed by atoms with Gasteiger partial charge in [0.1, 0.15) is 17.0 Å². The van der Waals surface area contributed by atoms with Gasteiger partial charge in [-0.05, 0) is 26.8 Å². The van der Waals surface area contributed by atoms with Crippen molar-refractivity contribution in [2.24, 2.45) is 0 Å². The molecule has 0 aliphatic rings. The summed E-state index contributed by atoms with van der Waals surface area (Å²) in [5.41, 5.74) is -0.675. The second kappa shape index (κ2) is 3.76. The summed E-state index contributed by atoms with van der Waals surface area (Å²) in [5, 5.41) is 0. The Morgan fingerprint density at radius 3 is 2.27 bits per heavy atom. The molecule has 15 heavy (non-hydrogen) atoms. The highest BCUT2D eigenvalue weighted by Gasteiger charge is 2.26. The average Bonchev–Trinajstić information content (AvgIpc) is 1.99. The molecule has 1 rings (SSSR count). The predicted molar refractivity (Wildman–Crippen MR) is 54.2 cm³/mol. The molecule has 4 heteroatoms. The lowest BCUT2D eigenvalue weighted by Crippen LogP contribution is -2.23. The van der Waals surface area contributed by atoms with Crippen LogP contribution in [-0.4, -0.2) is 10.6 Å². The van der Waals surface area contributed by atoms with Crippen molar-refractivity contribution in [3.05, 3.63) is 24.0 Å². The van der Waals surface area contributed by atoms with E-state index >= 15 is 0 Å². The first-order valence-corrected chi connectivity index (χ1v) is 4.72. The lowest BCUT2D eigenvalue weighted by atomic mass is 10.2. The molecule has 0 spiro atoms. The second-order valence-electron chi connectivity index (χ2n) is 4.48. The molecule has 0 aromatic carbocycles. The Bertz CT molecular complexity index is 339. The number of hydrogen-bond donors (Lipinski definition) is 0. The first-order chi connectivity index (χ1) is 6.68. The number of aromatic nitrogens is 1. The van der Waals surface area contributed by atoms with Gasteiger partial charge in [-0.15, -0.1) is 0 Å². The standard InChI is InChI=1S/C11H15F2NO/c1-10(2,3)15-8-5-6-14-9(7-8)11(4,12)13/h5-7H,1-4H3. The van der Waals surface area contributed by atoms with Crippen molar-refractivity contribution < 1.29 is 13.5 Å². The Kier molecular flexibility index (Phi) is 2.98. The molecule has 0 unspecified atom stereocenters. The van der Waals surface area contributed by atoms with E-state index in [1.165, 1.54) is 12.3 Å². The van der Waals surface area contributed by atoms with E-state index in [-0.39, 0.29) is 5.69 Å². The van der Waals surface area contributed by atoms with Gasteiger partial charge >= 0.3 is 0 Å². The van der Waals surface area contributed by atoms with E-state index < -0.39 is 11.5 Å². The Labute approximate surface area is 88.3 Å². The first kappa shape index (κ1) is 11.9. The van der Waals surface area contributed by atoms with Crippen LogP contribution in [0.5, 0.6) is 5.75 Å². The Morgan fingerprint density at radius 2 is 1.80 bits per heavy atom. The topological polar surface area (TPSA) is 22.1 Å². The number of nitrogens with zero attached hydrogens (tertiary/aromatic N) is 1. The van der Waals surface area contributed by atoms with Crippen LogP contribution in [0, 0.1) is 0 Å². The molecule has 0 amide bonds. The van der Waals surface area contributed by atoms with Crippen molar-refractivity contribution >= 4 is 0 Å². The van der Waals surface area contributed by atoms with Crippen LogP contribution in [0.15, 0.2) is 18.3 Å². The molecule has 0 fully saturated rings. The molecule has 0 aliphatic carbocycles. The van der Waals surface area contributed by atoms with Crippen LogP contribution in [0.3, 0.4) is 0 Å². The molecule has 1 aromatic rings. The molecule has 1 heterocycles. The van der Waals surface area contributed by atoms with Crippen LogP contribution in [0.1, 0.15) is 33.4 Å². The van der Waals surface area contributed by atoms with E-state index in [1.807, 2.05) is 20.8 Å². The van der Waals surface area contributed by atoms with Gasteiger partial charge in [0, 0.05) is 19.2 Å². The van der Waals surface area contributed by atoms with Crippen LogP contribution >= 0.6 is 0 Å². The van der Waals surface area contributed by atoms with Gasteiger partial charge in [-0.25, -0.2) is 0 Å². The third kappa shape index (κ3) is 3.81. The maximum absolute atomic E-state index is 12.9. The SMILES string of the molecule is CC(C)(C)Oc1ccnc(C(C)(F)F)c1. The number of pyridine rings is 1. The lowest BCUT2D eigenvalue weighted by Gasteiger charge is -2.21. The van der Waals surface area contributed by atoms with Crippen LogP contribution in [0.25, 0.3) is 0 Å². The maximum Gasteiger partial charge on any atom is 0.287 e. The molecule has 0 atom stereocenters.